The first-order valence-electron chi connectivity index (χ1n) is 5.57. The van der Waals surface area contributed by atoms with E-state index in [1.165, 1.54) is 6.07 Å². The van der Waals surface area contributed by atoms with Gasteiger partial charge in [0.15, 0.2) is 5.78 Å². The van der Waals surface area contributed by atoms with Gasteiger partial charge in [0.25, 0.3) is 0 Å². The van der Waals surface area contributed by atoms with Crippen LogP contribution in [-0.4, -0.2) is 5.78 Å². The molecule has 94 valence electrons. The first-order valence-corrected chi connectivity index (χ1v) is 5.95. The fourth-order valence-corrected chi connectivity index (χ4v) is 2.04. The lowest BCUT2D eigenvalue weighted by Gasteiger charge is -2.09. The molecule has 4 heteroatoms. The van der Waals surface area contributed by atoms with E-state index in [0.717, 1.165) is 12.1 Å². The zero-order valence-electron chi connectivity index (χ0n) is 9.81. The third-order valence-corrected chi connectivity index (χ3v) is 3.03. The summed E-state index contributed by atoms with van der Waals surface area (Å²) in [4.78, 5) is 12.3. The highest BCUT2D eigenvalue weighted by Gasteiger charge is 2.23. The first kappa shape index (κ1) is 13.3. The van der Waals surface area contributed by atoms with Crippen LogP contribution in [0.2, 0.25) is 5.02 Å². The van der Waals surface area contributed by atoms with Crippen LogP contribution in [0.1, 0.15) is 21.8 Å². The van der Waals surface area contributed by atoms with Gasteiger partial charge >= 0.3 is 0 Å². The van der Waals surface area contributed by atoms with Gasteiger partial charge < -0.3 is 0 Å². The van der Waals surface area contributed by atoms with Gasteiger partial charge in [0.2, 0.25) is 0 Å². The molecule has 0 heterocycles. The molecule has 0 saturated carbocycles. The second kappa shape index (κ2) is 5.64. The summed E-state index contributed by atoms with van der Waals surface area (Å²) in [6.07, 6.45) is 0. The minimum Gasteiger partial charge on any atom is -0.292 e. The Labute approximate surface area is 115 Å². The average Bonchev–Trinajstić information content (AvgIpc) is 2.40. The van der Waals surface area contributed by atoms with Gasteiger partial charge in [-0.15, -0.1) is 0 Å². The van der Waals surface area contributed by atoms with Gasteiger partial charge in [0.1, 0.15) is 11.7 Å². The topological polar surface area (TPSA) is 40.9 Å². The summed E-state index contributed by atoms with van der Waals surface area (Å²) in [6, 6.07) is 14.2. The molecule has 2 aromatic rings. The summed E-state index contributed by atoms with van der Waals surface area (Å²) in [6.45, 7) is 0. The molecule has 0 spiro atoms. The summed E-state index contributed by atoms with van der Waals surface area (Å²) in [5.41, 5.74) is 0.744. The highest BCUT2D eigenvalue weighted by atomic mass is 35.5. The normalized spacial score (nSPS) is 11.6. The smallest absolute Gasteiger partial charge is 0.185 e. The number of carbonyl (C=O) groups excluding carboxylic acids is 1. The van der Waals surface area contributed by atoms with Gasteiger partial charge in [0, 0.05) is 5.56 Å². The van der Waals surface area contributed by atoms with Gasteiger partial charge in [-0.1, -0.05) is 41.9 Å². The first-order chi connectivity index (χ1) is 9.13. The maximum atomic E-state index is 13.0. The predicted molar refractivity (Wildman–Crippen MR) is 70.5 cm³/mol. The van der Waals surface area contributed by atoms with E-state index in [2.05, 4.69) is 0 Å². The highest BCUT2D eigenvalue weighted by Crippen LogP contribution is 2.25. The van der Waals surface area contributed by atoms with Crippen molar-refractivity contribution in [2.75, 3.05) is 0 Å². The van der Waals surface area contributed by atoms with Crippen molar-refractivity contribution in [1.82, 2.24) is 0 Å². The monoisotopic (exact) mass is 273 g/mol. The molecule has 0 bridgehead atoms. The van der Waals surface area contributed by atoms with Crippen LogP contribution in [0.15, 0.2) is 48.5 Å². The van der Waals surface area contributed by atoms with Crippen molar-refractivity contribution >= 4 is 17.4 Å². The Balaban J connectivity index is 2.40. The molecule has 0 amide bonds. The zero-order valence-corrected chi connectivity index (χ0v) is 10.6. The van der Waals surface area contributed by atoms with E-state index in [4.69, 9.17) is 16.9 Å². The fourth-order valence-electron chi connectivity index (χ4n) is 1.77. The second-order valence-corrected chi connectivity index (χ2v) is 4.37. The van der Waals surface area contributed by atoms with Gasteiger partial charge in [-0.05, 0) is 23.8 Å². The predicted octanol–water partition coefficient (Wildman–Crippen LogP) is 3.97. The van der Waals surface area contributed by atoms with Crippen LogP contribution >= 0.6 is 11.6 Å². The second-order valence-electron chi connectivity index (χ2n) is 3.96. The maximum Gasteiger partial charge on any atom is 0.185 e. The molecule has 0 N–H and O–H groups in total. The molecule has 2 rings (SSSR count). The molecule has 19 heavy (non-hydrogen) atoms. The van der Waals surface area contributed by atoms with Crippen LogP contribution in [0.5, 0.6) is 0 Å². The quantitative estimate of drug-likeness (QED) is 0.794. The number of rotatable bonds is 3. The van der Waals surface area contributed by atoms with Crippen molar-refractivity contribution in [3.8, 4) is 6.07 Å². The van der Waals surface area contributed by atoms with Gasteiger partial charge in [0.05, 0.1) is 11.1 Å². The Morgan fingerprint density at radius 3 is 2.47 bits per heavy atom. The van der Waals surface area contributed by atoms with Crippen molar-refractivity contribution in [3.05, 3.63) is 70.5 Å². The lowest BCUT2D eigenvalue weighted by molar-refractivity contribution is 0.0979. The molecule has 0 aromatic heterocycles. The van der Waals surface area contributed by atoms with Crippen LogP contribution in [0.3, 0.4) is 0 Å². The highest BCUT2D eigenvalue weighted by molar-refractivity contribution is 6.34. The Kier molecular flexibility index (Phi) is 3.94. The van der Waals surface area contributed by atoms with E-state index in [0.29, 0.717) is 5.56 Å². The summed E-state index contributed by atoms with van der Waals surface area (Å²) < 4.78 is 13.0. The minimum atomic E-state index is -0.941. The van der Waals surface area contributed by atoms with Crippen molar-refractivity contribution in [1.29, 1.82) is 5.26 Å². The number of halogens is 2. The molecule has 0 aliphatic carbocycles. The number of ketones is 1. The van der Waals surface area contributed by atoms with E-state index in [-0.39, 0.29) is 10.6 Å². The molecular weight excluding hydrogens is 265 g/mol. The van der Waals surface area contributed by atoms with Gasteiger partial charge in [-0.2, -0.15) is 5.26 Å². The number of hydrogen-bond acceptors (Lipinski definition) is 2. The number of nitrogens with zero attached hydrogens (tertiary/aromatic N) is 1. The summed E-state index contributed by atoms with van der Waals surface area (Å²) >= 11 is 5.84. The SMILES string of the molecule is N#CC(C(=O)c1ccc(F)cc1Cl)c1ccccc1. The van der Waals surface area contributed by atoms with E-state index < -0.39 is 17.5 Å². The summed E-state index contributed by atoms with van der Waals surface area (Å²) in [5, 5.41) is 9.18. The lowest BCUT2D eigenvalue weighted by atomic mass is 9.92. The van der Waals surface area contributed by atoms with Crippen LogP contribution in [0, 0.1) is 17.1 Å². The summed E-state index contributed by atoms with van der Waals surface area (Å²) in [7, 11) is 0. The molecule has 0 radical (unpaired) electrons. The number of benzene rings is 2. The standard InChI is InChI=1S/C15H9ClFNO/c16-14-8-11(17)6-7-12(14)15(19)13(9-18)10-4-2-1-3-5-10/h1-8,13H. The van der Waals surface area contributed by atoms with Crippen LogP contribution in [-0.2, 0) is 0 Å². The molecule has 2 nitrogen and oxygen atoms in total. The van der Waals surface area contributed by atoms with Crippen molar-refractivity contribution in [3.63, 3.8) is 0 Å². The number of carbonyl (C=O) groups is 1. The number of Topliss-reactive ketones (excluding diaryl/α,β-unsaturated/α-hetero) is 1. The third-order valence-electron chi connectivity index (χ3n) is 2.72. The number of hydrogen-bond donors (Lipinski definition) is 0. The Bertz CT molecular complexity index is 649. The largest absolute Gasteiger partial charge is 0.292 e. The Morgan fingerprint density at radius 2 is 1.89 bits per heavy atom. The van der Waals surface area contributed by atoms with Crippen molar-refractivity contribution in [2.24, 2.45) is 0 Å². The van der Waals surface area contributed by atoms with Crippen molar-refractivity contribution in [2.45, 2.75) is 5.92 Å². The molecular formula is C15H9ClFNO. The average molecular weight is 274 g/mol. The van der Waals surface area contributed by atoms with Crippen molar-refractivity contribution < 1.29 is 9.18 Å². The van der Waals surface area contributed by atoms with Gasteiger partial charge in [-0.3, -0.25) is 4.79 Å². The molecule has 1 atom stereocenters. The molecule has 0 saturated heterocycles. The Hall–Kier alpha value is -2.18. The number of nitriles is 1. The summed E-state index contributed by atoms with van der Waals surface area (Å²) in [5.74, 6) is -1.89. The van der Waals surface area contributed by atoms with E-state index in [1.807, 2.05) is 6.07 Å². The fraction of sp³-hybridized carbons (Fsp3) is 0.0667. The molecule has 0 fully saturated rings. The molecule has 0 aliphatic rings. The van der Waals surface area contributed by atoms with Crippen LogP contribution in [0.4, 0.5) is 4.39 Å². The molecule has 1 unspecified atom stereocenters. The zero-order chi connectivity index (χ0) is 13.8. The van der Waals surface area contributed by atoms with Crippen LogP contribution in [0.25, 0.3) is 0 Å². The minimum absolute atomic E-state index is 0.0150. The lowest BCUT2D eigenvalue weighted by Crippen LogP contribution is -2.11. The third kappa shape index (κ3) is 2.81. The van der Waals surface area contributed by atoms with E-state index in [1.54, 1.807) is 30.3 Å². The van der Waals surface area contributed by atoms with E-state index in [9.17, 15) is 9.18 Å². The van der Waals surface area contributed by atoms with Crippen LogP contribution < -0.4 is 0 Å². The van der Waals surface area contributed by atoms with Gasteiger partial charge in [-0.25, -0.2) is 4.39 Å². The Morgan fingerprint density at radius 1 is 1.21 bits per heavy atom. The molecule has 0 aliphatic heterocycles. The maximum absolute atomic E-state index is 13.0. The van der Waals surface area contributed by atoms with E-state index >= 15 is 0 Å². The molecule has 2 aromatic carbocycles.